The van der Waals surface area contributed by atoms with Crippen molar-refractivity contribution in [3.63, 3.8) is 0 Å². The minimum atomic E-state index is -0.151. The van der Waals surface area contributed by atoms with E-state index in [1.165, 1.54) is 18.9 Å². The average Bonchev–Trinajstić information content (AvgIpc) is 2.43. The zero-order valence-electron chi connectivity index (χ0n) is 13.0. The molecule has 1 heterocycles. The van der Waals surface area contributed by atoms with Crippen LogP contribution < -0.4 is 5.73 Å². The van der Waals surface area contributed by atoms with E-state index < -0.39 is 0 Å². The van der Waals surface area contributed by atoms with Crippen molar-refractivity contribution in [2.45, 2.75) is 44.6 Å². The maximum Gasteiger partial charge on any atom is 0.191 e. The van der Waals surface area contributed by atoms with Gasteiger partial charge in [-0.25, -0.2) is 9.38 Å². The number of piperidine rings is 1. The van der Waals surface area contributed by atoms with Gasteiger partial charge in [0.05, 0.1) is 6.04 Å². The summed E-state index contributed by atoms with van der Waals surface area (Å²) in [4.78, 5) is 6.86. The van der Waals surface area contributed by atoms with Gasteiger partial charge in [-0.15, -0.1) is 24.0 Å². The zero-order valence-corrected chi connectivity index (χ0v) is 15.4. The summed E-state index contributed by atoms with van der Waals surface area (Å²) in [5, 5.41) is 0. The highest BCUT2D eigenvalue weighted by atomic mass is 127. The molecule has 1 aromatic rings. The van der Waals surface area contributed by atoms with E-state index in [1.807, 2.05) is 6.07 Å². The molecule has 3 rings (SSSR count). The summed E-state index contributed by atoms with van der Waals surface area (Å²) >= 11 is 0. The second-order valence-electron chi connectivity index (χ2n) is 6.53. The molecule has 2 aliphatic rings. The van der Waals surface area contributed by atoms with Crippen LogP contribution in [0.5, 0.6) is 0 Å². The van der Waals surface area contributed by atoms with E-state index in [9.17, 15) is 4.39 Å². The van der Waals surface area contributed by atoms with Gasteiger partial charge < -0.3 is 10.6 Å². The molecule has 0 aromatic heterocycles. The van der Waals surface area contributed by atoms with Crippen LogP contribution in [0.4, 0.5) is 4.39 Å². The summed E-state index contributed by atoms with van der Waals surface area (Å²) in [5.74, 6) is 1.78. The second-order valence-corrected chi connectivity index (χ2v) is 6.53. The largest absolute Gasteiger partial charge is 0.370 e. The van der Waals surface area contributed by atoms with Gasteiger partial charge >= 0.3 is 0 Å². The van der Waals surface area contributed by atoms with Crippen LogP contribution in [-0.4, -0.2) is 30.0 Å². The van der Waals surface area contributed by atoms with Crippen LogP contribution in [0.15, 0.2) is 29.3 Å². The fourth-order valence-corrected chi connectivity index (χ4v) is 3.23. The van der Waals surface area contributed by atoms with E-state index in [2.05, 4.69) is 16.8 Å². The van der Waals surface area contributed by atoms with E-state index in [0.717, 1.165) is 37.4 Å². The summed E-state index contributed by atoms with van der Waals surface area (Å²) in [5.41, 5.74) is 7.22. The molecule has 122 valence electrons. The van der Waals surface area contributed by atoms with Crippen LogP contribution in [0.1, 0.15) is 44.1 Å². The van der Waals surface area contributed by atoms with Crippen LogP contribution >= 0.6 is 24.0 Å². The molecule has 2 fully saturated rings. The number of aliphatic imine (C=N–C) groups is 1. The lowest BCUT2D eigenvalue weighted by atomic mass is 9.76. The molecule has 0 radical (unpaired) electrons. The highest BCUT2D eigenvalue weighted by Gasteiger charge is 2.31. The van der Waals surface area contributed by atoms with Crippen molar-refractivity contribution in [3.8, 4) is 0 Å². The Morgan fingerprint density at radius 3 is 2.59 bits per heavy atom. The molecule has 1 aliphatic carbocycles. The van der Waals surface area contributed by atoms with Crippen molar-refractivity contribution in [3.05, 3.63) is 35.6 Å². The lowest BCUT2D eigenvalue weighted by Gasteiger charge is -2.36. The number of nitrogens with two attached hydrogens (primary N) is 1. The van der Waals surface area contributed by atoms with Crippen LogP contribution in [0.3, 0.4) is 0 Å². The quantitative estimate of drug-likeness (QED) is 0.453. The average molecular weight is 417 g/mol. The third kappa shape index (κ3) is 4.12. The zero-order chi connectivity index (χ0) is 14.8. The number of halogens is 2. The minimum Gasteiger partial charge on any atom is -0.370 e. The third-order valence-corrected chi connectivity index (χ3v) is 4.86. The first-order chi connectivity index (χ1) is 10.1. The molecule has 2 N–H and O–H groups in total. The molecule has 3 nitrogen and oxygen atoms in total. The topological polar surface area (TPSA) is 41.6 Å². The summed E-state index contributed by atoms with van der Waals surface area (Å²) in [7, 11) is 0. The Labute approximate surface area is 149 Å². The number of benzene rings is 1. The molecule has 1 aliphatic heterocycles. The van der Waals surface area contributed by atoms with Crippen LogP contribution in [-0.2, 0) is 0 Å². The minimum absolute atomic E-state index is 0. The fourth-order valence-electron chi connectivity index (χ4n) is 3.23. The summed E-state index contributed by atoms with van der Waals surface area (Å²) in [6.45, 7) is 4.34. The van der Waals surface area contributed by atoms with Gasteiger partial charge in [-0.05, 0) is 55.2 Å². The van der Waals surface area contributed by atoms with Gasteiger partial charge in [-0.1, -0.05) is 19.1 Å². The van der Waals surface area contributed by atoms with Crippen molar-refractivity contribution in [2.24, 2.45) is 16.6 Å². The van der Waals surface area contributed by atoms with Gasteiger partial charge in [0, 0.05) is 13.1 Å². The van der Waals surface area contributed by atoms with E-state index in [4.69, 9.17) is 5.73 Å². The molecule has 0 atom stereocenters. The highest BCUT2D eigenvalue weighted by Crippen LogP contribution is 2.39. The van der Waals surface area contributed by atoms with Gasteiger partial charge in [-0.2, -0.15) is 0 Å². The monoisotopic (exact) mass is 417 g/mol. The maximum atomic E-state index is 13.2. The molecular weight excluding hydrogens is 392 g/mol. The van der Waals surface area contributed by atoms with E-state index in [-0.39, 0.29) is 29.8 Å². The maximum absolute atomic E-state index is 13.2. The predicted octanol–water partition coefficient (Wildman–Crippen LogP) is 3.74. The van der Waals surface area contributed by atoms with Crippen molar-refractivity contribution < 1.29 is 4.39 Å². The summed E-state index contributed by atoms with van der Waals surface area (Å²) in [6, 6.07) is 7.22. The Morgan fingerprint density at radius 1 is 1.27 bits per heavy atom. The number of likely N-dealkylation sites (tertiary alicyclic amines) is 1. The first-order valence-corrected chi connectivity index (χ1v) is 7.95. The first kappa shape index (κ1) is 17.5. The third-order valence-electron chi connectivity index (χ3n) is 4.86. The second kappa shape index (κ2) is 7.62. The molecule has 0 spiro atoms. The molecule has 1 aromatic carbocycles. The molecule has 0 amide bonds. The number of hydrogen-bond acceptors (Lipinski definition) is 1. The van der Waals surface area contributed by atoms with Crippen molar-refractivity contribution in [2.75, 3.05) is 13.1 Å². The molecule has 0 unspecified atom stereocenters. The number of nitrogens with zero attached hydrogens (tertiary/aromatic N) is 2. The number of guanidine groups is 1. The number of rotatable bonds is 2. The first-order valence-electron chi connectivity index (χ1n) is 7.95. The van der Waals surface area contributed by atoms with Crippen molar-refractivity contribution in [1.29, 1.82) is 0 Å². The Hall–Kier alpha value is -0.850. The highest BCUT2D eigenvalue weighted by molar-refractivity contribution is 14.0. The van der Waals surface area contributed by atoms with Gasteiger partial charge in [0.15, 0.2) is 5.96 Å². The molecule has 22 heavy (non-hydrogen) atoms. The van der Waals surface area contributed by atoms with Gasteiger partial charge in [0.2, 0.25) is 0 Å². The van der Waals surface area contributed by atoms with Gasteiger partial charge in [-0.3, -0.25) is 0 Å². The lowest BCUT2D eigenvalue weighted by molar-refractivity contribution is 0.272. The standard InChI is InChI=1S/C17H24FN3.HI/c1-12-5-7-21(8-6-12)17(19)20-16-10-14(11-16)13-3-2-4-15(18)9-13;/h2-4,9,12,14,16H,5-8,10-11H2,1H3,(H2,19,20);1H. The van der Waals surface area contributed by atoms with Crippen molar-refractivity contribution in [1.82, 2.24) is 4.90 Å². The summed E-state index contributed by atoms with van der Waals surface area (Å²) < 4.78 is 13.2. The van der Waals surface area contributed by atoms with Crippen LogP contribution in [0.2, 0.25) is 0 Å². The van der Waals surface area contributed by atoms with Crippen LogP contribution in [0.25, 0.3) is 0 Å². The SMILES string of the molecule is CC1CCN(C(N)=NC2CC(c3cccc(F)c3)C2)CC1.I. The summed E-state index contributed by atoms with van der Waals surface area (Å²) in [6.07, 6.45) is 4.36. The Kier molecular flexibility index (Phi) is 6.06. The van der Waals surface area contributed by atoms with Gasteiger partial charge in [0.1, 0.15) is 5.82 Å². The molecular formula is C17H25FIN3. The molecule has 5 heteroatoms. The Bertz CT molecular complexity index is 520. The predicted molar refractivity (Wildman–Crippen MR) is 99.2 cm³/mol. The smallest absolute Gasteiger partial charge is 0.191 e. The van der Waals surface area contributed by atoms with Crippen LogP contribution in [0, 0.1) is 11.7 Å². The fraction of sp³-hybridized carbons (Fsp3) is 0.588. The lowest BCUT2D eigenvalue weighted by Crippen LogP contribution is -2.44. The van der Waals surface area contributed by atoms with E-state index in [1.54, 1.807) is 12.1 Å². The van der Waals surface area contributed by atoms with Crippen molar-refractivity contribution >= 4 is 29.9 Å². The molecule has 1 saturated carbocycles. The Morgan fingerprint density at radius 2 is 1.95 bits per heavy atom. The number of hydrogen-bond donors (Lipinski definition) is 1. The van der Waals surface area contributed by atoms with E-state index >= 15 is 0 Å². The molecule has 1 saturated heterocycles. The Balaban J connectivity index is 0.00000176. The van der Waals surface area contributed by atoms with Gasteiger partial charge in [0.25, 0.3) is 0 Å². The van der Waals surface area contributed by atoms with E-state index in [0.29, 0.717) is 17.9 Å². The molecule has 0 bridgehead atoms. The normalized spacial score (nSPS) is 26.3.